The highest BCUT2D eigenvalue weighted by molar-refractivity contribution is 7.98. The van der Waals surface area contributed by atoms with Crippen LogP contribution in [0.1, 0.15) is 59.3 Å². The van der Waals surface area contributed by atoms with Gasteiger partial charge in [-0.15, -0.1) is 0 Å². The van der Waals surface area contributed by atoms with Crippen LogP contribution in [-0.2, 0) is 0 Å². The molecule has 18 heavy (non-hydrogen) atoms. The second-order valence-electron chi connectivity index (χ2n) is 4.25. The average Bonchev–Trinajstić information content (AvgIpc) is 2.38. The van der Waals surface area contributed by atoms with Gasteiger partial charge in [-0.05, 0) is 43.2 Å². The molecule has 0 aliphatic carbocycles. The number of carbonyl (C=O) groups is 1. The summed E-state index contributed by atoms with van der Waals surface area (Å²) in [5.74, 6) is 2.04. The normalized spacial score (nSPS) is 10.4. The summed E-state index contributed by atoms with van der Waals surface area (Å²) in [6.07, 6.45) is 6.88. The number of unbranched alkanes of at least 4 members (excludes halogenated alkanes) is 3. The van der Waals surface area contributed by atoms with Crippen molar-refractivity contribution < 1.29 is 4.79 Å². The van der Waals surface area contributed by atoms with Gasteiger partial charge in [-0.25, -0.2) is 4.79 Å². The molecule has 108 valence electrons. The number of nitrogens with one attached hydrogen (secondary N) is 1. The Morgan fingerprint density at radius 1 is 1.00 bits per heavy atom. The van der Waals surface area contributed by atoms with Gasteiger partial charge >= 0.3 is 6.03 Å². The number of amides is 2. The Bertz CT molecular complexity index is 203. The van der Waals surface area contributed by atoms with Gasteiger partial charge in [-0.1, -0.05) is 40.0 Å². The summed E-state index contributed by atoms with van der Waals surface area (Å²) >= 11 is 3.20. The molecule has 0 aromatic carbocycles. The zero-order valence-electron chi connectivity index (χ0n) is 12.0. The molecule has 0 atom stereocenters. The number of nitrogens with zero attached hydrogens (tertiary/aromatic N) is 1. The fourth-order valence-electron chi connectivity index (χ4n) is 1.23. The van der Waals surface area contributed by atoms with Crippen molar-refractivity contribution in [3.8, 4) is 0 Å². The first kappa shape index (κ1) is 18.0. The van der Waals surface area contributed by atoms with Gasteiger partial charge in [0.15, 0.2) is 0 Å². The Hall–Kier alpha value is -0.0300. The van der Waals surface area contributed by atoms with Gasteiger partial charge in [0.05, 0.1) is 0 Å². The molecule has 0 fully saturated rings. The highest BCUT2D eigenvalue weighted by Gasteiger charge is 2.12. The number of carbonyl (C=O) groups excluding carboxylic acids is 1. The largest absolute Gasteiger partial charge is 0.337 e. The molecule has 0 radical (unpaired) electrons. The second-order valence-corrected chi connectivity index (χ2v) is 6.26. The molecule has 0 saturated carbocycles. The summed E-state index contributed by atoms with van der Waals surface area (Å²) in [6, 6.07) is 0.0608. The number of urea groups is 1. The summed E-state index contributed by atoms with van der Waals surface area (Å²) in [7, 11) is 0. The molecule has 0 spiro atoms. The molecular formula is C13H28N2OS2. The lowest BCUT2D eigenvalue weighted by Gasteiger charge is -2.21. The fraction of sp³-hybridized carbons (Fsp3) is 0.923. The minimum atomic E-state index is 0.0608. The van der Waals surface area contributed by atoms with Crippen LogP contribution in [0.5, 0.6) is 0 Å². The zero-order valence-corrected chi connectivity index (χ0v) is 13.7. The molecule has 3 nitrogen and oxygen atoms in total. The molecule has 0 aliphatic rings. The summed E-state index contributed by atoms with van der Waals surface area (Å²) in [5, 5.41) is 0. The van der Waals surface area contributed by atoms with Gasteiger partial charge in [0, 0.05) is 18.1 Å². The lowest BCUT2D eigenvalue weighted by Crippen LogP contribution is -2.33. The minimum Gasteiger partial charge on any atom is -0.281 e. The molecule has 0 saturated heterocycles. The molecule has 0 heterocycles. The van der Waals surface area contributed by atoms with E-state index in [2.05, 4.69) is 25.5 Å². The van der Waals surface area contributed by atoms with Gasteiger partial charge in [-0.2, -0.15) is 0 Å². The van der Waals surface area contributed by atoms with Crippen molar-refractivity contribution in [2.75, 3.05) is 18.1 Å². The lowest BCUT2D eigenvalue weighted by atomic mass is 10.3. The predicted molar refractivity (Wildman–Crippen MR) is 84.9 cm³/mol. The summed E-state index contributed by atoms with van der Waals surface area (Å²) in [5.41, 5.74) is 0. The van der Waals surface area contributed by atoms with Gasteiger partial charge in [-0.3, -0.25) is 9.03 Å². The van der Waals surface area contributed by atoms with Crippen molar-refractivity contribution >= 4 is 29.9 Å². The minimum absolute atomic E-state index is 0.0608. The SMILES string of the molecule is CCCCSNC(=O)N(CCCC)SCCCC. The Kier molecular flexibility index (Phi) is 13.4. The predicted octanol–water partition coefficient (Wildman–Crippen LogP) is 4.69. The van der Waals surface area contributed by atoms with Gasteiger partial charge in [0.1, 0.15) is 0 Å². The van der Waals surface area contributed by atoms with E-state index in [1.54, 1.807) is 11.9 Å². The first-order valence-electron chi connectivity index (χ1n) is 7.08. The first-order chi connectivity index (χ1) is 8.76. The van der Waals surface area contributed by atoms with Gasteiger partial charge in [0.25, 0.3) is 0 Å². The highest BCUT2D eigenvalue weighted by atomic mass is 32.2. The molecule has 0 aromatic heterocycles. The number of hydrogen-bond acceptors (Lipinski definition) is 3. The van der Waals surface area contributed by atoms with Crippen molar-refractivity contribution in [1.29, 1.82) is 0 Å². The topological polar surface area (TPSA) is 32.3 Å². The first-order valence-corrected chi connectivity index (χ1v) is 9.01. The van der Waals surface area contributed by atoms with Crippen LogP contribution in [0.25, 0.3) is 0 Å². The number of rotatable bonds is 11. The smallest absolute Gasteiger partial charge is 0.281 e. The third-order valence-corrected chi connectivity index (χ3v) is 4.39. The molecule has 5 heteroatoms. The Morgan fingerprint density at radius 2 is 1.61 bits per heavy atom. The molecule has 2 amide bonds. The molecule has 1 N–H and O–H groups in total. The fourth-order valence-corrected chi connectivity index (χ4v) is 3.11. The van der Waals surface area contributed by atoms with E-state index >= 15 is 0 Å². The van der Waals surface area contributed by atoms with Crippen molar-refractivity contribution in [3.05, 3.63) is 0 Å². The molecule has 0 aliphatic heterocycles. The zero-order chi connectivity index (χ0) is 13.6. The van der Waals surface area contributed by atoms with E-state index in [1.165, 1.54) is 31.2 Å². The van der Waals surface area contributed by atoms with Gasteiger partial charge in [0.2, 0.25) is 0 Å². The summed E-state index contributed by atoms with van der Waals surface area (Å²) in [4.78, 5) is 12.0. The van der Waals surface area contributed by atoms with Gasteiger partial charge < -0.3 is 0 Å². The van der Waals surface area contributed by atoms with Crippen LogP contribution in [0.3, 0.4) is 0 Å². The highest BCUT2D eigenvalue weighted by Crippen LogP contribution is 2.15. The second kappa shape index (κ2) is 13.4. The molecular weight excluding hydrogens is 264 g/mol. The number of hydrogen-bond donors (Lipinski definition) is 1. The van der Waals surface area contributed by atoms with Crippen molar-refractivity contribution in [1.82, 2.24) is 9.03 Å². The average molecular weight is 293 g/mol. The Labute approximate surface area is 121 Å². The monoisotopic (exact) mass is 292 g/mol. The van der Waals surface area contributed by atoms with Crippen molar-refractivity contribution in [2.24, 2.45) is 0 Å². The van der Waals surface area contributed by atoms with Crippen LogP contribution in [0, 0.1) is 0 Å². The van der Waals surface area contributed by atoms with Crippen LogP contribution in [-0.4, -0.2) is 28.4 Å². The van der Waals surface area contributed by atoms with E-state index in [0.717, 1.165) is 37.3 Å². The van der Waals surface area contributed by atoms with Crippen LogP contribution in [0.4, 0.5) is 4.79 Å². The molecule has 0 aromatic rings. The van der Waals surface area contributed by atoms with E-state index in [1.807, 2.05) is 4.31 Å². The molecule has 0 unspecified atom stereocenters. The summed E-state index contributed by atoms with van der Waals surface area (Å²) in [6.45, 7) is 7.35. The third-order valence-electron chi connectivity index (χ3n) is 2.45. The maximum atomic E-state index is 12.0. The van der Waals surface area contributed by atoms with Crippen molar-refractivity contribution in [2.45, 2.75) is 59.3 Å². The van der Waals surface area contributed by atoms with E-state index in [-0.39, 0.29) is 6.03 Å². The van der Waals surface area contributed by atoms with E-state index in [4.69, 9.17) is 0 Å². The molecule has 0 rings (SSSR count). The quantitative estimate of drug-likeness (QED) is 0.443. The van der Waals surface area contributed by atoms with E-state index in [9.17, 15) is 4.79 Å². The lowest BCUT2D eigenvalue weighted by molar-refractivity contribution is 0.231. The Balaban J connectivity index is 3.89. The van der Waals surface area contributed by atoms with E-state index in [0.29, 0.717) is 0 Å². The van der Waals surface area contributed by atoms with Crippen LogP contribution >= 0.6 is 23.9 Å². The third kappa shape index (κ3) is 9.95. The Morgan fingerprint density at radius 3 is 2.22 bits per heavy atom. The summed E-state index contributed by atoms with van der Waals surface area (Å²) < 4.78 is 4.82. The van der Waals surface area contributed by atoms with Crippen LogP contribution in [0.15, 0.2) is 0 Å². The molecule has 0 bridgehead atoms. The van der Waals surface area contributed by atoms with Crippen LogP contribution < -0.4 is 4.72 Å². The standard InChI is InChI=1S/C13H28N2OS2/c1-4-7-10-15(18-12-9-6-3)13(16)14-17-11-8-5-2/h4-12H2,1-3H3,(H,14,16). The van der Waals surface area contributed by atoms with E-state index < -0.39 is 0 Å². The van der Waals surface area contributed by atoms with Crippen molar-refractivity contribution in [3.63, 3.8) is 0 Å². The maximum absolute atomic E-state index is 12.0. The maximum Gasteiger partial charge on any atom is 0.337 e. The van der Waals surface area contributed by atoms with Crippen LogP contribution in [0.2, 0.25) is 0 Å².